The van der Waals surface area contributed by atoms with Gasteiger partial charge >= 0.3 is 5.97 Å². The fraction of sp³-hybridized carbons (Fsp3) is 0.346. The van der Waals surface area contributed by atoms with Crippen molar-refractivity contribution in [1.82, 2.24) is 0 Å². The van der Waals surface area contributed by atoms with Crippen molar-refractivity contribution in [2.45, 2.75) is 43.9 Å². The van der Waals surface area contributed by atoms with Gasteiger partial charge in [0, 0.05) is 4.90 Å². The van der Waals surface area contributed by atoms with Crippen LogP contribution < -0.4 is 0 Å². The summed E-state index contributed by atoms with van der Waals surface area (Å²) in [6, 6.07) is 12.9. The van der Waals surface area contributed by atoms with E-state index < -0.39 is 5.09 Å². The van der Waals surface area contributed by atoms with Crippen molar-refractivity contribution < 1.29 is 23.8 Å². The monoisotopic (exact) mass is 485 g/mol. The number of hydrogen-bond donors (Lipinski definition) is 0. The Hall–Kier alpha value is -3.13. The fourth-order valence-electron chi connectivity index (χ4n) is 3.93. The molecule has 0 fully saturated rings. The highest BCUT2D eigenvalue weighted by Gasteiger charge is 2.26. The van der Waals surface area contributed by atoms with Crippen molar-refractivity contribution in [1.29, 1.82) is 0 Å². The molecule has 0 amide bonds. The van der Waals surface area contributed by atoms with E-state index in [1.54, 1.807) is 17.8 Å². The number of halogens is 1. The highest BCUT2D eigenvalue weighted by atomic mass is 32.2. The average molecular weight is 486 g/mol. The van der Waals surface area contributed by atoms with E-state index in [0.717, 1.165) is 46.3 Å². The summed E-state index contributed by atoms with van der Waals surface area (Å²) in [6.07, 6.45) is 6.96. The largest absolute Gasteiger partial charge is 0.465 e. The molecule has 1 aliphatic carbocycles. The van der Waals surface area contributed by atoms with Gasteiger partial charge in [-0.2, -0.15) is 0 Å². The third kappa shape index (κ3) is 6.93. The van der Waals surface area contributed by atoms with E-state index in [4.69, 9.17) is 4.74 Å². The lowest BCUT2D eigenvalue weighted by Gasteiger charge is -2.08. The minimum atomic E-state index is -0.798. The maximum absolute atomic E-state index is 14.1. The summed E-state index contributed by atoms with van der Waals surface area (Å²) in [6.45, 7) is 2.31. The number of thioether (sulfide) groups is 1. The number of allylic oxidation sites excluding steroid dienone is 2. The molecule has 34 heavy (non-hydrogen) atoms. The van der Waals surface area contributed by atoms with Gasteiger partial charge in [0.2, 0.25) is 0 Å². The van der Waals surface area contributed by atoms with Gasteiger partial charge in [0.1, 0.15) is 5.82 Å². The predicted molar refractivity (Wildman–Crippen MR) is 132 cm³/mol. The standard InChI is InChI=1S/C26H28FNO5S/c1-18-23(15-19-7-10-21(34-2)11-8-19)22-12-9-20(27)16-25(22)24(18)17-26(29)32-13-5-3-4-6-14-33-28(30)31/h7-12,15-16H,3-6,13-14,17H2,1-2H3/b23-15-. The Morgan fingerprint density at radius 1 is 1.06 bits per heavy atom. The molecular formula is C26H28FNO5S. The molecule has 180 valence electrons. The van der Waals surface area contributed by atoms with Crippen molar-refractivity contribution >= 4 is 35.0 Å². The predicted octanol–water partition coefficient (Wildman–Crippen LogP) is 6.58. The van der Waals surface area contributed by atoms with Crippen LogP contribution in [0.15, 0.2) is 52.9 Å². The zero-order valence-corrected chi connectivity index (χ0v) is 20.2. The van der Waals surface area contributed by atoms with Crippen molar-refractivity contribution in [2.24, 2.45) is 0 Å². The summed E-state index contributed by atoms with van der Waals surface area (Å²) in [4.78, 5) is 28.1. The Labute approximate surface area is 202 Å². The lowest BCUT2D eigenvalue weighted by molar-refractivity contribution is -0.757. The number of unbranched alkanes of at least 4 members (excludes halogenated alkanes) is 3. The molecule has 0 radical (unpaired) electrons. The van der Waals surface area contributed by atoms with Crippen LogP contribution in [0.2, 0.25) is 0 Å². The molecule has 0 aliphatic heterocycles. The number of benzene rings is 2. The minimum absolute atomic E-state index is 0.0711. The third-order valence-corrected chi connectivity index (χ3v) is 6.44. The van der Waals surface area contributed by atoms with Crippen molar-refractivity contribution in [3.63, 3.8) is 0 Å². The molecule has 1 aliphatic rings. The van der Waals surface area contributed by atoms with Crippen LogP contribution in [0.3, 0.4) is 0 Å². The van der Waals surface area contributed by atoms with Crippen molar-refractivity contribution in [3.05, 3.63) is 80.7 Å². The lowest BCUT2D eigenvalue weighted by atomic mass is 10.0. The van der Waals surface area contributed by atoms with Gasteiger partial charge in [-0.05, 0) is 96.2 Å². The van der Waals surface area contributed by atoms with Crippen molar-refractivity contribution in [3.8, 4) is 0 Å². The maximum atomic E-state index is 14.1. The van der Waals surface area contributed by atoms with Gasteiger partial charge in [0.15, 0.2) is 0 Å². The number of fused-ring (bicyclic) bond motifs is 1. The van der Waals surface area contributed by atoms with E-state index in [-0.39, 0.29) is 31.4 Å². The summed E-state index contributed by atoms with van der Waals surface area (Å²) in [7, 11) is 0. The van der Waals surface area contributed by atoms with E-state index in [9.17, 15) is 19.3 Å². The molecule has 0 spiro atoms. The highest BCUT2D eigenvalue weighted by Crippen LogP contribution is 2.44. The van der Waals surface area contributed by atoms with Crippen LogP contribution in [0, 0.1) is 15.9 Å². The maximum Gasteiger partial charge on any atom is 0.310 e. The van der Waals surface area contributed by atoms with Crippen molar-refractivity contribution in [2.75, 3.05) is 19.5 Å². The van der Waals surface area contributed by atoms with Crippen LogP contribution in [-0.4, -0.2) is 30.5 Å². The van der Waals surface area contributed by atoms with E-state index in [1.165, 1.54) is 17.0 Å². The fourth-order valence-corrected chi connectivity index (χ4v) is 4.33. The zero-order chi connectivity index (χ0) is 24.5. The molecule has 0 saturated heterocycles. The first-order valence-corrected chi connectivity index (χ1v) is 12.4. The highest BCUT2D eigenvalue weighted by molar-refractivity contribution is 7.98. The Morgan fingerprint density at radius 2 is 1.76 bits per heavy atom. The number of nitrogens with zero attached hydrogens (tertiary/aromatic N) is 1. The third-order valence-electron chi connectivity index (χ3n) is 5.70. The summed E-state index contributed by atoms with van der Waals surface area (Å²) in [5.41, 5.74) is 5.38. The van der Waals surface area contributed by atoms with Crippen LogP contribution in [-0.2, 0) is 14.4 Å². The molecule has 0 N–H and O–H groups in total. The van der Waals surface area contributed by atoms with Crippen LogP contribution in [0.5, 0.6) is 0 Å². The van der Waals surface area contributed by atoms with E-state index in [0.29, 0.717) is 12.8 Å². The molecule has 0 aromatic heterocycles. The first-order valence-electron chi connectivity index (χ1n) is 11.2. The number of carbonyl (C=O) groups excluding carboxylic acids is 1. The lowest BCUT2D eigenvalue weighted by Crippen LogP contribution is -2.07. The molecule has 0 saturated carbocycles. The topological polar surface area (TPSA) is 78.7 Å². The smallest absolute Gasteiger partial charge is 0.310 e. The van der Waals surface area contributed by atoms with Gasteiger partial charge < -0.3 is 9.57 Å². The molecule has 6 nitrogen and oxygen atoms in total. The normalized spacial score (nSPS) is 13.8. The van der Waals surface area contributed by atoms with Crippen LogP contribution in [0.4, 0.5) is 4.39 Å². The Balaban J connectivity index is 1.63. The van der Waals surface area contributed by atoms with Gasteiger partial charge in [-0.3, -0.25) is 4.79 Å². The van der Waals surface area contributed by atoms with Crippen LogP contribution in [0.1, 0.15) is 55.7 Å². The molecule has 0 heterocycles. The number of esters is 1. The van der Waals surface area contributed by atoms with Gasteiger partial charge in [0.25, 0.3) is 5.09 Å². The Morgan fingerprint density at radius 3 is 2.44 bits per heavy atom. The number of rotatable bonds is 12. The van der Waals surface area contributed by atoms with E-state index >= 15 is 0 Å². The van der Waals surface area contributed by atoms with Gasteiger partial charge in [-0.15, -0.1) is 21.9 Å². The molecule has 0 bridgehead atoms. The zero-order valence-electron chi connectivity index (χ0n) is 19.3. The average Bonchev–Trinajstić information content (AvgIpc) is 3.06. The molecule has 8 heteroatoms. The SMILES string of the molecule is CSc1ccc(/C=C2/C(C)=C(CC(=O)OCCCCCCO[N+](=O)[O-])c3cc(F)ccc32)cc1. The Kier molecular flexibility index (Phi) is 9.27. The molecular weight excluding hydrogens is 457 g/mol. The number of ether oxygens (including phenoxy) is 1. The second-order valence-electron chi connectivity index (χ2n) is 7.99. The molecule has 2 aromatic rings. The summed E-state index contributed by atoms with van der Waals surface area (Å²) < 4.78 is 19.4. The van der Waals surface area contributed by atoms with Gasteiger partial charge in [-0.25, -0.2) is 4.39 Å². The number of hydrogen-bond acceptors (Lipinski definition) is 6. The molecule has 0 atom stereocenters. The van der Waals surface area contributed by atoms with E-state index in [2.05, 4.69) is 23.0 Å². The Bertz CT molecular complexity index is 1090. The summed E-state index contributed by atoms with van der Waals surface area (Å²) in [5, 5.41) is 9.30. The second kappa shape index (κ2) is 12.4. The van der Waals surface area contributed by atoms with Gasteiger partial charge in [-0.1, -0.05) is 24.6 Å². The first-order chi connectivity index (χ1) is 16.4. The summed E-state index contributed by atoms with van der Waals surface area (Å²) in [5.74, 6) is -0.698. The minimum Gasteiger partial charge on any atom is -0.465 e. The number of carbonyl (C=O) groups is 1. The molecule has 2 aromatic carbocycles. The quantitative estimate of drug-likeness (QED) is 0.111. The van der Waals surface area contributed by atoms with Crippen LogP contribution in [0.25, 0.3) is 17.2 Å². The summed E-state index contributed by atoms with van der Waals surface area (Å²) >= 11 is 1.68. The second-order valence-corrected chi connectivity index (χ2v) is 8.87. The molecule has 3 rings (SSSR count). The van der Waals surface area contributed by atoms with E-state index in [1.807, 2.05) is 25.3 Å². The van der Waals surface area contributed by atoms with Gasteiger partial charge in [0.05, 0.1) is 19.6 Å². The van der Waals surface area contributed by atoms with Crippen LogP contribution >= 0.6 is 11.8 Å². The molecule has 0 unspecified atom stereocenters. The first kappa shape index (κ1) is 25.5.